The second-order valence-electron chi connectivity index (χ2n) is 2.14. The Labute approximate surface area is 76.4 Å². The molecule has 12 heavy (non-hydrogen) atoms. The number of para-hydroxylation sites is 1. The molecule has 0 heterocycles. The normalized spacial score (nSPS) is 9.25. The summed E-state index contributed by atoms with van der Waals surface area (Å²) in [6, 6.07) is 5.43. The number of halogens is 1. The van der Waals surface area contributed by atoms with E-state index in [0.717, 1.165) is 0 Å². The van der Waals surface area contributed by atoms with Gasteiger partial charge in [-0.05, 0) is 12.1 Å². The SMILES string of the molecule is COc1cccc(NCl)c1OC. The maximum absolute atomic E-state index is 5.45. The Morgan fingerprint density at radius 1 is 1.25 bits per heavy atom. The number of hydrogen-bond acceptors (Lipinski definition) is 3. The van der Waals surface area contributed by atoms with Crippen molar-refractivity contribution in [1.82, 2.24) is 0 Å². The van der Waals surface area contributed by atoms with Gasteiger partial charge in [-0.2, -0.15) is 0 Å². The molecule has 0 amide bonds. The molecule has 0 unspecified atom stereocenters. The summed E-state index contributed by atoms with van der Waals surface area (Å²) in [5.74, 6) is 1.26. The topological polar surface area (TPSA) is 30.5 Å². The maximum Gasteiger partial charge on any atom is 0.185 e. The molecule has 0 radical (unpaired) electrons. The minimum Gasteiger partial charge on any atom is -0.493 e. The van der Waals surface area contributed by atoms with Gasteiger partial charge in [-0.3, -0.25) is 4.84 Å². The monoisotopic (exact) mass is 187 g/mol. The summed E-state index contributed by atoms with van der Waals surface area (Å²) in [6.07, 6.45) is 0. The molecule has 0 aromatic heterocycles. The van der Waals surface area contributed by atoms with Gasteiger partial charge in [0.15, 0.2) is 11.5 Å². The van der Waals surface area contributed by atoms with Crippen LogP contribution in [0.2, 0.25) is 0 Å². The molecular formula is C8H10ClNO2. The van der Waals surface area contributed by atoms with Crippen molar-refractivity contribution in [3.63, 3.8) is 0 Å². The molecule has 0 aliphatic carbocycles. The molecule has 0 spiro atoms. The fourth-order valence-corrected chi connectivity index (χ4v) is 1.11. The van der Waals surface area contributed by atoms with E-state index in [-0.39, 0.29) is 0 Å². The van der Waals surface area contributed by atoms with Crippen LogP contribution in [-0.2, 0) is 0 Å². The molecular weight excluding hydrogens is 178 g/mol. The van der Waals surface area contributed by atoms with Crippen molar-refractivity contribution in [2.45, 2.75) is 0 Å². The fraction of sp³-hybridized carbons (Fsp3) is 0.250. The first-order chi connectivity index (χ1) is 5.83. The van der Waals surface area contributed by atoms with Gasteiger partial charge >= 0.3 is 0 Å². The highest BCUT2D eigenvalue weighted by Crippen LogP contribution is 2.34. The van der Waals surface area contributed by atoms with Gasteiger partial charge in [0.1, 0.15) is 0 Å². The van der Waals surface area contributed by atoms with Crippen molar-refractivity contribution in [3.05, 3.63) is 18.2 Å². The molecule has 0 aliphatic heterocycles. The second-order valence-corrected chi connectivity index (χ2v) is 2.32. The van der Waals surface area contributed by atoms with Gasteiger partial charge in [-0.1, -0.05) is 6.07 Å². The average Bonchev–Trinajstić information content (AvgIpc) is 2.16. The molecule has 4 heteroatoms. The van der Waals surface area contributed by atoms with Crippen LogP contribution in [0.1, 0.15) is 0 Å². The summed E-state index contributed by atoms with van der Waals surface area (Å²) >= 11 is 5.45. The molecule has 1 rings (SSSR count). The number of hydrogen-bond donors (Lipinski definition) is 1. The van der Waals surface area contributed by atoms with Crippen LogP contribution < -0.4 is 14.3 Å². The molecule has 0 bridgehead atoms. The van der Waals surface area contributed by atoms with Gasteiger partial charge in [0.25, 0.3) is 0 Å². The van der Waals surface area contributed by atoms with Gasteiger partial charge < -0.3 is 9.47 Å². The summed E-state index contributed by atoms with van der Waals surface area (Å²) in [6.45, 7) is 0. The van der Waals surface area contributed by atoms with Crippen LogP contribution in [0, 0.1) is 0 Å². The Balaban J connectivity index is 3.13. The van der Waals surface area contributed by atoms with Crippen molar-refractivity contribution in [1.29, 1.82) is 0 Å². The van der Waals surface area contributed by atoms with E-state index in [4.69, 9.17) is 21.3 Å². The number of benzene rings is 1. The first kappa shape index (κ1) is 9.00. The Kier molecular flexibility index (Phi) is 3.05. The first-order valence-corrected chi connectivity index (χ1v) is 3.79. The molecule has 0 aliphatic rings. The number of rotatable bonds is 3. The molecule has 3 nitrogen and oxygen atoms in total. The standard InChI is InChI=1S/C8H10ClNO2/c1-11-7-5-3-4-6(10-9)8(7)12-2/h3-5,10H,1-2H3. The zero-order valence-corrected chi connectivity index (χ0v) is 7.68. The zero-order chi connectivity index (χ0) is 8.97. The van der Waals surface area contributed by atoms with Crippen molar-refractivity contribution < 1.29 is 9.47 Å². The third-order valence-electron chi connectivity index (χ3n) is 1.50. The van der Waals surface area contributed by atoms with E-state index in [9.17, 15) is 0 Å². The van der Waals surface area contributed by atoms with E-state index >= 15 is 0 Å². The highest BCUT2D eigenvalue weighted by Gasteiger charge is 2.07. The fourth-order valence-electron chi connectivity index (χ4n) is 0.962. The molecule has 1 aromatic carbocycles. The maximum atomic E-state index is 5.45. The third-order valence-corrected chi connectivity index (χ3v) is 1.71. The van der Waals surface area contributed by atoms with Crippen molar-refractivity contribution in [3.8, 4) is 11.5 Å². The summed E-state index contributed by atoms with van der Waals surface area (Å²) < 4.78 is 10.1. The second kappa shape index (κ2) is 4.07. The summed E-state index contributed by atoms with van der Waals surface area (Å²) in [5, 5.41) is 0. The quantitative estimate of drug-likeness (QED) is 0.737. The van der Waals surface area contributed by atoms with Crippen LogP contribution in [0.4, 0.5) is 5.69 Å². The van der Waals surface area contributed by atoms with Crippen LogP contribution in [0.15, 0.2) is 18.2 Å². The molecule has 66 valence electrons. The van der Waals surface area contributed by atoms with E-state index in [1.54, 1.807) is 26.4 Å². The highest BCUT2D eigenvalue weighted by molar-refractivity contribution is 6.24. The Morgan fingerprint density at radius 2 is 2.00 bits per heavy atom. The lowest BCUT2D eigenvalue weighted by Crippen LogP contribution is -1.93. The van der Waals surface area contributed by atoms with Gasteiger partial charge in [0.2, 0.25) is 0 Å². The van der Waals surface area contributed by atoms with E-state index in [0.29, 0.717) is 17.2 Å². The average molecular weight is 188 g/mol. The van der Waals surface area contributed by atoms with Gasteiger partial charge in [0, 0.05) is 11.8 Å². The van der Waals surface area contributed by atoms with Crippen LogP contribution in [-0.4, -0.2) is 14.2 Å². The minimum absolute atomic E-state index is 0.606. The number of anilines is 1. The van der Waals surface area contributed by atoms with Crippen molar-refractivity contribution in [2.75, 3.05) is 19.1 Å². The Morgan fingerprint density at radius 3 is 2.50 bits per heavy atom. The number of ether oxygens (including phenoxy) is 2. The van der Waals surface area contributed by atoms with Crippen molar-refractivity contribution >= 4 is 17.5 Å². The summed E-state index contributed by atoms with van der Waals surface area (Å²) in [5.41, 5.74) is 0.693. The van der Waals surface area contributed by atoms with Gasteiger partial charge in [0.05, 0.1) is 19.9 Å². The van der Waals surface area contributed by atoms with Gasteiger partial charge in [-0.15, -0.1) is 0 Å². The van der Waals surface area contributed by atoms with Crippen LogP contribution in [0.5, 0.6) is 11.5 Å². The van der Waals surface area contributed by atoms with Crippen LogP contribution >= 0.6 is 11.8 Å². The zero-order valence-electron chi connectivity index (χ0n) is 6.93. The van der Waals surface area contributed by atoms with Gasteiger partial charge in [-0.25, -0.2) is 0 Å². The van der Waals surface area contributed by atoms with Crippen LogP contribution in [0.25, 0.3) is 0 Å². The van der Waals surface area contributed by atoms with E-state index in [1.165, 1.54) is 0 Å². The lowest BCUT2D eigenvalue weighted by Gasteiger charge is -2.10. The number of methoxy groups -OCH3 is 2. The Bertz CT molecular complexity index is 243. The minimum atomic E-state index is 0.606. The lowest BCUT2D eigenvalue weighted by molar-refractivity contribution is 0.356. The molecule has 0 saturated heterocycles. The predicted octanol–water partition coefficient (Wildman–Crippen LogP) is 2.27. The molecule has 0 fully saturated rings. The largest absolute Gasteiger partial charge is 0.493 e. The first-order valence-electron chi connectivity index (χ1n) is 3.41. The number of nitrogens with one attached hydrogen (secondary N) is 1. The van der Waals surface area contributed by atoms with Crippen LogP contribution in [0.3, 0.4) is 0 Å². The van der Waals surface area contributed by atoms with E-state index in [2.05, 4.69) is 4.84 Å². The summed E-state index contributed by atoms with van der Waals surface area (Å²) in [4.78, 5) is 2.49. The molecule has 0 saturated carbocycles. The smallest absolute Gasteiger partial charge is 0.185 e. The molecule has 0 atom stereocenters. The lowest BCUT2D eigenvalue weighted by atomic mass is 10.3. The third kappa shape index (κ3) is 1.56. The van der Waals surface area contributed by atoms with Crippen molar-refractivity contribution in [2.24, 2.45) is 0 Å². The molecule has 1 aromatic rings. The summed E-state index contributed by atoms with van der Waals surface area (Å²) in [7, 11) is 3.14. The van der Waals surface area contributed by atoms with E-state index < -0.39 is 0 Å². The predicted molar refractivity (Wildman–Crippen MR) is 49.0 cm³/mol. The Hall–Kier alpha value is -1.09. The highest BCUT2D eigenvalue weighted by atomic mass is 35.5. The molecule has 1 N–H and O–H groups in total. The van der Waals surface area contributed by atoms with E-state index in [1.807, 2.05) is 6.07 Å².